The summed E-state index contributed by atoms with van der Waals surface area (Å²) in [4.78, 5) is 14.6. The Balaban J connectivity index is 1.50. The normalized spacial score (nSPS) is 31.5. The first-order valence-electron chi connectivity index (χ1n) is 8.95. The summed E-state index contributed by atoms with van der Waals surface area (Å²) in [6.07, 6.45) is 8.13. The van der Waals surface area contributed by atoms with Crippen LogP contribution in [0, 0.1) is 11.8 Å². The molecule has 0 radical (unpaired) electrons. The zero-order valence-corrected chi connectivity index (χ0v) is 13.5. The molecular formula is C17H26N4O. The second-order valence-corrected chi connectivity index (χ2v) is 7.38. The lowest BCUT2D eigenvalue weighted by molar-refractivity contribution is -0.134. The van der Waals surface area contributed by atoms with E-state index in [2.05, 4.69) is 26.6 Å². The van der Waals surface area contributed by atoms with Crippen molar-refractivity contribution < 1.29 is 4.79 Å². The highest BCUT2D eigenvalue weighted by molar-refractivity contribution is 5.81. The molecule has 1 aliphatic carbocycles. The number of likely N-dealkylation sites (tertiary alicyclic amines) is 1. The molecule has 0 bridgehead atoms. The third-order valence-corrected chi connectivity index (χ3v) is 5.66. The Morgan fingerprint density at radius 2 is 2.00 bits per heavy atom. The van der Waals surface area contributed by atoms with Crippen LogP contribution in [0.15, 0.2) is 0 Å². The van der Waals surface area contributed by atoms with Gasteiger partial charge < -0.3 is 9.47 Å². The maximum atomic E-state index is 12.5. The molecule has 1 aromatic rings. The van der Waals surface area contributed by atoms with Gasteiger partial charge in [0, 0.05) is 37.9 Å². The number of hydrogen-bond acceptors (Lipinski definition) is 3. The van der Waals surface area contributed by atoms with Gasteiger partial charge in [-0.15, -0.1) is 10.2 Å². The average molecular weight is 302 g/mol. The van der Waals surface area contributed by atoms with Crippen LogP contribution in [-0.2, 0) is 17.8 Å². The van der Waals surface area contributed by atoms with Gasteiger partial charge in [0.05, 0.1) is 0 Å². The molecule has 4 rings (SSSR count). The van der Waals surface area contributed by atoms with E-state index in [-0.39, 0.29) is 0 Å². The van der Waals surface area contributed by atoms with Crippen LogP contribution in [0.2, 0.25) is 0 Å². The molecule has 3 unspecified atom stereocenters. The van der Waals surface area contributed by atoms with Crippen molar-refractivity contribution in [1.29, 1.82) is 0 Å². The molecule has 120 valence electrons. The van der Waals surface area contributed by atoms with Crippen LogP contribution in [0.3, 0.4) is 0 Å². The van der Waals surface area contributed by atoms with E-state index in [9.17, 15) is 4.79 Å². The number of aryl methyl sites for hydroxylation is 1. The van der Waals surface area contributed by atoms with Gasteiger partial charge >= 0.3 is 0 Å². The number of aromatic nitrogens is 3. The van der Waals surface area contributed by atoms with E-state index < -0.39 is 0 Å². The molecule has 0 N–H and O–H groups in total. The fraction of sp³-hybridized carbons (Fsp3) is 0.824. The van der Waals surface area contributed by atoms with E-state index in [4.69, 9.17) is 0 Å². The predicted molar refractivity (Wildman–Crippen MR) is 83.4 cm³/mol. The van der Waals surface area contributed by atoms with E-state index in [1.165, 1.54) is 19.3 Å². The van der Waals surface area contributed by atoms with Gasteiger partial charge in [-0.1, -0.05) is 13.3 Å². The number of carbonyl (C=O) groups is 1. The highest BCUT2D eigenvalue weighted by atomic mass is 16.2. The van der Waals surface area contributed by atoms with Crippen LogP contribution in [-0.4, -0.2) is 38.7 Å². The van der Waals surface area contributed by atoms with Crippen molar-refractivity contribution in [3.05, 3.63) is 11.6 Å². The number of nitrogens with zero attached hydrogens (tertiary/aromatic N) is 4. The van der Waals surface area contributed by atoms with Crippen molar-refractivity contribution in [3.8, 4) is 0 Å². The van der Waals surface area contributed by atoms with E-state index in [0.717, 1.165) is 57.0 Å². The van der Waals surface area contributed by atoms with Crippen molar-refractivity contribution in [2.75, 3.05) is 13.1 Å². The molecule has 1 saturated carbocycles. The van der Waals surface area contributed by atoms with Crippen molar-refractivity contribution in [1.82, 2.24) is 19.7 Å². The predicted octanol–water partition coefficient (Wildman–Crippen LogP) is 2.37. The van der Waals surface area contributed by atoms with Gasteiger partial charge in [0.15, 0.2) is 0 Å². The molecule has 3 atom stereocenters. The summed E-state index contributed by atoms with van der Waals surface area (Å²) in [5.41, 5.74) is 0. The quantitative estimate of drug-likeness (QED) is 0.843. The molecule has 5 heteroatoms. The zero-order valence-electron chi connectivity index (χ0n) is 13.5. The number of fused-ring (bicyclic) bond motifs is 1. The maximum Gasteiger partial charge on any atom is 0.225 e. The molecule has 2 aliphatic heterocycles. The lowest BCUT2D eigenvalue weighted by Crippen LogP contribution is -2.40. The van der Waals surface area contributed by atoms with Crippen LogP contribution in [0.4, 0.5) is 0 Å². The van der Waals surface area contributed by atoms with E-state index in [1.54, 1.807) is 0 Å². The number of hydrogen-bond donors (Lipinski definition) is 0. The molecule has 22 heavy (non-hydrogen) atoms. The fourth-order valence-electron chi connectivity index (χ4n) is 4.10. The van der Waals surface area contributed by atoms with Crippen LogP contribution in [0.5, 0.6) is 0 Å². The van der Waals surface area contributed by atoms with Gasteiger partial charge in [-0.25, -0.2) is 0 Å². The van der Waals surface area contributed by atoms with Gasteiger partial charge in [-0.05, 0) is 38.0 Å². The summed E-state index contributed by atoms with van der Waals surface area (Å²) in [5.74, 6) is 3.95. The summed E-state index contributed by atoms with van der Waals surface area (Å²) in [7, 11) is 0. The minimum Gasteiger partial charge on any atom is -0.342 e. The fourth-order valence-corrected chi connectivity index (χ4v) is 4.10. The molecule has 3 heterocycles. The topological polar surface area (TPSA) is 51.0 Å². The Morgan fingerprint density at radius 3 is 2.82 bits per heavy atom. The van der Waals surface area contributed by atoms with Gasteiger partial charge in [0.1, 0.15) is 11.6 Å². The van der Waals surface area contributed by atoms with Crippen molar-refractivity contribution in [2.24, 2.45) is 11.8 Å². The van der Waals surface area contributed by atoms with E-state index >= 15 is 0 Å². The SMILES string of the molecule is CC1CC1C(=O)N1CCCC(c2nnc3n2CCCCC3)C1. The first kappa shape index (κ1) is 14.2. The van der Waals surface area contributed by atoms with Crippen LogP contribution < -0.4 is 0 Å². The van der Waals surface area contributed by atoms with Crippen molar-refractivity contribution in [3.63, 3.8) is 0 Å². The number of carbonyl (C=O) groups excluding carboxylic acids is 1. The number of amides is 1. The highest BCUT2D eigenvalue weighted by Crippen LogP contribution is 2.40. The maximum absolute atomic E-state index is 12.5. The monoisotopic (exact) mass is 302 g/mol. The summed E-state index contributed by atoms with van der Waals surface area (Å²) in [6, 6.07) is 0. The van der Waals surface area contributed by atoms with Crippen LogP contribution >= 0.6 is 0 Å². The van der Waals surface area contributed by atoms with Crippen LogP contribution in [0.1, 0.15) is 63.0 Å². The first-order valence-corrected chi connectivity index (χ1v) is 8.95. The third-order valence-electron chi connectivity index (χ3n) is 5.66. The summed E-state index contributed by atoms with van der Waals surface area (Å²) >= 11 is 0. The lowest BCUT2D eigenvalue weighted by atomic mass is 9.96. The van der Waals surface area contributed by atoms with Gasteiger partial charge in [-0.2, -0.15) is 0 Å². The standard InChI is InChI=1S/C17H26N4O/c1-12-10-14(12)17(22)20-8-5-6-13(11-20)16-19-18-15-7-3-2-4-9-21(15)16/h12-14H,2-11H2,1H3. The summed E-state index contributed by atoms with van der Waals surface area (Å²) in [6.45, 7) is 5.02. The van der Waals surface area contributed by atoms with E-state index in [0.29, 0.717) is 23.7 Å². The van der Waals surface area contributed by atoms with Crippen molar-refractivity contribution >= 4 is 5.91 Å². The molecule has 0 aromatic carbocycles. The minimum atomic E-state index is 0.300. The molecule has 1 saturated heterocycles. The van der Waals surface area contributed by atoms with Crippen LogP contribution in [0.25, 0.3) is 0 Å². The number of piperidine rings is 1. The molecule has 3 aliphatic rings. The Bertz CT molecular complexity index is 567. The summed E-state index contributed by atoms with van der Waals surface area (Å²) in [5, 5.41) is 8.94. The Morgan fingerprint density at radius 1 is 1.14 bits per heavy atom. The Labute approximate surface area is 132 Å². The molecule has 0 spiro atoms. The molecule has 1 amide bonds. The second kappa shape index (κ2) is 5.67. The average Bonchev–Trinajstić information content (AvgIpc) is 3.21. The smallest absolute Gasteiger partial charge is 0.225 e. The third kappa shape index (κ3) is 2.55. The van der Waals surface area contributed by atoms with E-state index in [1.807, 2.05) is 0 Å². The lowest BCUT2D eigenvalue weighted by Gasteiger charge is -2.32. The second-order valence-electron chi connectivity index (χ2n) is 7.38. The highest BCUT2D eigenvalue weighted by Gasteiger charge is 2.42. The summed E-state index contributed by atoms with van der Waals surface area (Å²) < 4.78 is 2.35. The molecular weight excluding hydrogens is 276 g/mol. The minimum absolute atomic E-state index is 0.300. The molecule has 5 nitrogen and oxygen atoms in total. The Hall–Kier alpha value is -1.39. The number of rotatable bonds is 2. The first-order chi connectivity index (χ1) is 10.7. The van der Waals surface area contributed by atoms with Gasteiger partial charge in [-0.3, -0.25) is 4.79 Å². The Kier molecular flexibility index (Phi) is 3.66. The van der Waals surface area contributed by atoms with Gasteiger partial charge in [0.25, 0.3) is 0 Å². The molecule has 1 aromatic heterocycles. The molecule has 2 fully saturated rings. The van der Waals surface area contributed by atoms with Gasteiger partial charge in [0.2, 0.25) is 5.91 Å². The van der Waals surface area contributed by atoms with Crippen molar-refractivity contribution in [2.45, 2.75) is 64.3 Å². The zero-order chi connectivity index (χ0) is 15.1. The largest absolute Gasteiger partial charge is 0.342 e.